The van der Waals surface area contributed by atoms with E-state index in [1.807, 2.05) is 6.92 Å². The first-order valence-corrected chi connectivity index (χ1v) is 9.72. The summed E-state index contributed by atoms with van der Waals surface area (Å²) in [4.78, 5) is 20.1. The molecule has 1 N–H and O–H groups in total. The van der Waals surface area contributed by atoms with Crippen LogP contribution in [0.15, 0.2) is 0 Å². The molecule has 0 aromatic carbocycles. The molecule has 5 nitrogen and oxygen atoms in total. The summed E-state index contributed by atoms with van der Waals surface area (Å²) in [5, 5.41) is 4.34. The largest absolute Gasteiger partial charge is 0.462 e. The molecule has 1 aliphatic carbocycles. The van der Waals surface area contributed by atoms with Crippen molar-refractivity contribution in [1.82, 2.24) is 10.3 Å². The maximum atomic E-state index is 12.3. The Morgan fingerprint density at radius 1 is 1.35 bits per heavy atom. The molecule has 6 heteroatoms. The van der Waals surface area contributed by atoms with Crippen LogP contribution in [0, 0.1) is 5.92 Å². The van der Waals surface area contributed by atoms with Crippen molar-refractivity contribution >= 4 is 22.4 Å². The normalized spacial score (nSPS) is 19.3. The van der Waals surface area contributed by atoms with Crippen molar-refractivity contribution in [2.45, 2.75) is 45.4 Å². The lowest BCUT2D eigenvalue weighted by atomic mass is 10.0. The first-order valence-electron chi connectivity index (χ1n) is 8.90. The third-order valence-corrected chi connectivity index (χ3v) is 5.94. The van der Waals surface area contributed by atoms with E-state index in [4.69, 9.17) is 9.72 Å². The summed E-state index contributed by atoms with van der Waals surface area (Å²) in [6.45, 7) is 6.14. The Bertz CT molecular complexity index is 520. The summed E-state index contributed by atoms with van der Waals surface area (Å²) in [6.07, 6.45) is 7.45. The van der Waals surface area contributed by atoms with Gasteiger partial charge in [-0.05, 0) is 25.7 Å². The monoisotopic (exact) mass is 337 g/mol. The first-order chi connectivity index (χ1) is 11.3. The lowest BCUT2D eigenvalue weighted by molar-refractivity contribution is 0.0530. The van der Waals surface area contributed by atoms with E-state index in [9.17, 15) is 4.79 Å². The fourth-order valence-corrected chi connectivity index (χ4v) is 4.55. The van der Waals surface area contributed by atoms with Gasteiger partial charge in [-0.3, -0.25) is 0 Å². The number of nitrogens with zero attached hydrogens (tertiary/aromatic N) is 2. The van der Waals surface area contributed by atoms with E-state index in [0.29, 0.717) is 6.61 Å². The number of anilines is 1. The molecule has 0 spiro atoms. The molecule has 0 bridgehead atoms. The molecule has 23 heavy (non-hydrogen) atoms. The van der Waals surface area contributed by atoms with Gasteiger partial charge in [0.2, 0.25) is 0 Å². The Morgan fingerprint density at radius 3 is 2.78 bits per heavy atom. The first kappa shape index (κ1) is 16.7. The average Bonchev–Trinajstić information content (AvgIpc) is 3.23. The molecule has 2 heterocycles. The summed E-state index contributed by atoms with van der Waals surface area (Å²) < 4.78 is 5.24. The number of ether oxygens (including phenoxy) is 1. The molecule has 2 fully saturated rings. The minimum atomic E-state index is -0.201. The predicted molar refractivity (Wildman–Crippen MR) is 93.4 cm³/mol. The van der Waals surface area contributed by atoms with E-state index >= 15 is 0 Å². The Kier molecular flexibility index (Phi) is 5.89. The van der Waals surface area contributed by atoms with Gasteiger partial charge in [0, 0.05) is 26.2 Å². The van der Waals surface area contributed by atoms with Crippen LogP contribution in [0.4, 0.5) is 5.13 Å². The number of rotatable bonds is 6. The van der Waals surface area contributed by atoms with Gasteiger partial charge in [-0.15, -0.1) is 0 Å². The smallest absolute Gasteiger partial charge is 0.350 e. The number of carbonyl (C=O) groups excluding carboxylic acids is 1. The van der Waals surface area contributed by atoms with Crippen LogP contribution in [0.1, 0.15) is 54.4 Å². The number of hydrogen-bond donors (Lipinski definition) is 1. The van der Waals surface area contributed by atoms with E-state index in [0.717, 1.165) is 60.6 Å². The van der Waals surface area contributed by atoms with Crippen molar-refractivity contribution in [1.29, 1.82) is 0 Å². The van der Waals surface area contributed by atoms with Crippen LogP contribution in [-0.4, -0.2) is 43.7 Å². The van der Waals surface area contributed by atoms with Gasteiger partial charge in [0.15, 0.2) is 5.13 Å². The zero-order valence-electron chi connectivity index (χ0n) is 14.0. The topological polar surface area (TPSA) is 54.5 Å². The van der Waals surface area contributed by atoms with Gasteiger partial charge in [-0.25, -0.2) is 9.78 Å². The SMILES string of the molecule is CCOC(=O)c1sc(N2CCNCC2)nc1CCC1CCCC1. The van der Waals surface area contributed by atoms with Gasteiger partial charge in [-0.2, -0.15) is 0 Å². The van der Waals surface area contributed by atoms with Crippen molar-refractivity contribution in [3.8, 4) is 0 Å². The summed E-state index contributed by atoms with van der Waals surface area (Å²) in [5.41, 5.74) is 0.953. The van der Waals surface area contributed by atoms with E-state index < -0.39 is 0 Å². The third kappa shape index (κ3) is 4.23. The standard InChI is InChI=1S/C17H27N3O2S/c1-2-22-16(21)15-14(8-7-13-5-3-4-6-13)19-17(23-15)20-11-9-18-10-12-20/h13,18H,2-12H2,1H3. The Morgan fingerprint density at radius 2 is 2.09 bits per heavy atom. The molecule has 1 aliphatic heterocycles. The van der Waals surface area contributed by atoms with Gasteiger partial charge in [-0.1, -0.05) is 37.0 Å². The minimum absolute atomic E-state index is 0.201. The zero-order chi connectivity index (χ0) is 16.1. The summed E-state index contributed by atoms with van der Waals surface area (Å²) in [6, 6.07) is 0. The molecule has 1 aromatic rings. The third-order valence-electron chi connectivity index (χ3n) is 4.80. The molecule has 0 unspecified atom stereocenters. The number of aromatic nitrogens is 1. The molecule has 128 valence electrons. The van der Waals surface area contributed by atoms with Gasteiger partial charge >= 0.3 is 5.97 Å². The fourth-order valence-electron chi connectivity index (χ4n) is 3.50. The molecule has 2 aliphatic rings. The second-order valence-electron chi connectivity index (χ2n) is 6.42. The molecular weight excluding hydrogens is 310 g/mol. The van der Waals surface area contributed by atoms with Crippen LogP contribution in [0.25, 0.3) is 0 Å². The van der Waals surface area contributed by atoms with Crippen molar-refractivity contribution in [2.75, 3.05) is 37.7 Å². The van der Waals surface area contributed by atoms with Crippen molar-refractivity contribution in [3.05, 3.63) is 10.6 Å². The highest BCUT2D eigenvalue weighted by atomic mass is 32.1. The fraction of sp³-hybridized carbons (Fsp3) is 0.765. The number of esters is 1. The van der Waals surface area contributed by atoms with E-state index in [1.165, 1.54) is 37.0 Å². The van der Waals surface area contributed by atoms with Crippen LogP contribution in [0.3, 0.4) is 0 Å². The maximum absolute atomic E-state index is 12.3. The maximum Gasteiger partial charge on any atom is 0.350 e. The van der Waals surface area contributed by atoms with Crippen LogP contribution in [-0.2, 0) is 11.2 Å². The molecule has 1 saturated carbocycles. The molecule has 1 aromatic heterocycles. The Labute approximate surface area is 142 Å². The lowest BCUT2D eigenvalue weighted by Gasteiger charge is -2.26. The lowest BCUT2D eigenvalue weighted by Crippen LogP contribution is -2.43. The number of aryl methyl sites for hydroxylation is 1. The summed E-state index contributed by atoms with van der Waals surface area (Å²) >= 11 is 1.51. The quantitative estimate of drug-likeness (QED) is 0.809. The number of thiazole rings is 1. The van der Waals surface area contributed by atoms with E-state index in [2.05, 4.69) is 10.2 Å². The minimum Gasteiger partial charge on any atom is -0.462 e. The number of nitrogens with one attached hydrogen (secondary N) is 1. The molecule has 0 amide bonds. The highest BCUT2D eigenvalue weighted by Gasteiger charge is 2.24. The van der Waals surface area contributed by atoms with Gasteiger partial charge in [0.05, 0.1) is 12.3 Å². The molecule has 0 radical (unpaired) electrons. The van der Waals surface area contributed by atoms with Gasteiger partial charge in [0.1, 0.15) is 4.88 Å². The summed E-state index contributed by atoms with van der Waals surface area (Å²) in [5.74, 6) is 0.613. The van der Waals surface area contributed by atoms with Crippen LogP contribution in [0.5, 0.6) is 0 Å². The van der Waals surface area contributed by atoms with Crippen LogP contribution >= 0.6 is 11.3 Å². The highest BCUT2D eigenvalue weighted by Crippen LogP contribution is 2.32. The molecule has 0 atom stereocenters. The summed E-state index contributed by atoms with van der Waals surface area (Å²) in [7, 11) is 0. The molecular formula is C17H27N3O2S. The van der Waals surface area contributed by atoms with Gasteiger partial charge < -0.3 is 15.0 Å². The van der Waals surface area contributed by atoms with E-state index in [1.54, 1.807) is 0 Å². The number of piperazine rings is 1. The van der Waals surface area contributed by atoms with Crippen molar-refractivity contribution < 1.29 is 9.53 Å². The Hall–Kier alpha value is -1.14. The second-order valence-corrected chi connectivity index (χ2v) is 7.40. The molecule has 1 saturated heterocycles. The zero-order valence-corrected chi connectivity index (χ0v) is 14.8. The second kappa shape index (κ2) is 8.11. The predicted octanol–water partition coefficient (Wildman–Crippen LogP) is 2.85. The average molecular weight is 337 g/mol. The van der Waals surface area contributed by atoms with Crippen molar-refractivity contribution in [2.24, 2.45) is 5.92 Å². The number of hydrogen-bond acceptors (Lipinski definition) is 6. The Balaban J connectivity index is 1.73. The van der Waals surface area contributed by atoms with Crippen LogP contribution in [0.2, 0.25) is 0 Å². The van der Waals surface area contributed by atoms with Gasteiger partial charge in [0.25, 0.3) is 0 Å². The van der Waals surface area contributed by atoms with Crippen molar-refractivity contribution in [3.63, 3.8) is 0 Å². The highest BCUT2D eigenvalue weighted by molar-refractivity contribution is 7.17. The molecule has 3 rings (SSSR count). The number of carbonyl (C=O) groups is 1. The van der Waals surface area contributed by atoms with E-state index in [-0.39, 0.29) is 5.97 Å². The van der Waals surface area contributed by atoms with Crippen LogP contribution < -0.4 is 10.2 Å².